The first-order chi connectivity index (χ1) is 9.71. The molecule has 0 aliphatic carbocycles. The first-order valence-electron chi connectivity index (χ1n) is 7.92. The van der Waals surface area contributed by atoms with Crippen LogP contribution in [0.4, 0.5) is 0 Å². The van der Waals surface area contributed by atoms with E-state index in [1.165, 1.54) is 0 Å². The van der Waals surface area contributed by atoms with Gasteiger partial charge in [0, 0.05) is 6.61 Å². The van der Waals surface area contributed by atoms with Gasteiger partial charge in [-0.05, 0) is 24.2 Å². The molecule has 0 aromatic carbocycles. The van der Waals surface area contributed by atoms with Crippen LogP contribution in [0.2, 0.25) is 0 Å². The van der Waals surface area contributed by atoms with Gasteiger partial charge in [0.1, 0.15) is 12.1 Å². The van der Waals surface area contributed by atoms with Crippen molar-refractivity contribution in [1.82, 2.24) is 10.2 Å². The zero-order valence-electron chi connectivity index (χ0n) is 13.8. The number of hydrogen-bond acceptors (Lipinski definition) is 3. The molecule has 0 saturated carbocycles. The maximum Gasteiger partial charge on any atom is 0.246 e. The Kier molecular flexibility index (Phi) is 4.61. The molecule has 5 heteroatoms. The van der Waals surface area contributed by atoms with Crippen molar-refractivity contribution < 1.29 is 14.3 Å². The van der Waals surface area contributed by atoms with E-state index in [0.29, 0.717) is 25.6 Å². The fourth-order valence-electron chi connectivity index (χ4n) is 3.16. The molecule has 3 unspecified atom stereocenters. The van der Waals surface area contributed by atoms with E-state index in [1.54, 1.807) is 0 Å². The lowest BCUT2D eigenvalue weighted by atomic mass is 9.82. The highest BCUT2D eigenvalue weighted by Gasteiger charge is 2.48. The van der Waals surface area contributed by atoms with Crippen molar-refractivity contribution in [3.05, 3.63) is 0 Å². The van der Waals surface area contributed by atoms with Gasteiger partial charge in [0.2, 0.25) is 11.8 Å². The maximum absolute atomic E-state index is 13.0. The molecule has 0 radical (unpaired) electrons. The molecule has 0 bridgehead atoms. The zero-order valence-corrected chi connectivity index (χ0v) is 13.8. The van der Waals surface area contributed by atoms with E-state index in [1.807, 2.05) is 25.7 Å². The van der Waals surface area contributed by atoms with Gasteiger partial charge in [-0.2, -0.15) is 0 Å². The smallest absolute Gasteiger partial charge is 0.246 e. The summed E-state index contributed by atoms with van der Waals surface area (Å²) in [6, 6.07) is -0.769. The molecule has 2 fully saturated rings. The first-order valence-corrected chi connectivity index (χ1v) is 7.92. The predicted molar refractivity (Wildman–Crippen MR) is 80.7 cm³/mol. The highest BCUT2D eigenvalue weighted by atomic mass is 16.5. The van der Waals surface area contributed by atoms with Crippen molar-refractivity contribution in [1.29, 1.82) is 0 Å². The Morgan fingerprint density at radius 3 is 2.48 bits per heavy atom. The Labute approximate surface area is 127 Å². The normalized spacial score (nSPS) is 31.0. The number of carbonyl (C=O) groups excluding carboxylic acids is 2. The second-order valence-electron chi connectivity index (χ2n) is 7.72. The number of rotatable bonds is 3. The number of nitrogens with zero attached hydrogens (tertiary/aromatic N) is 1. The summed E-state index contributed by atoms with van der Waals surface area (Å²) in [6.45, 7) is 11.3. The Morgan fingerprint density at radius 2 is 2.00 bits per heavy atom. The van der Waals surface area contributed by atoms with Crippen molar-refractivity contribution in [3.8, 4) is 0 Å². The van der Waals surface area contributed by atoms with E-state index < -0.39 is 6.04 Å². The van der Waals surface area contributed by atoms with Crippen molar-refractivity contribution in [2.24, 2.45) is 11.3 Å². The van der Waals surface area contributed by atoms with Crippen molar-refractivity contribution in [3.63, 3.8) is 0 Å². The zero-order chi connectivity index (χ0) is 15.8. The highest BCUT2D eigenvalue weighted by molar-refractivity contribution is 5.97. The van der Waals surface area contributed by atoms with Gasteiger partial charge in [-0.15, -0.1) is 0 Å². The van der Waals surface area contributed by atoms with Crippen LogP contribution >= 0.6 is 0 Å². The van der Waals surface area contributed by atoms with Crippen LogP contribution in [-0.2, 0) is 14.3 Å². The van der Waals surface area contributed by atoms with Gasteiger partial charge in [0.15, 0.2) is 0 Å². The average Bonchev–Trinajstić information content (AvgIpc) is 2.85. The molecule has 2 saturated heterocycles. The molecular formula is C16H28N2O3. The Bertz CT molecular complexity index is 408. The number of carbonyl (C=O) groups is 2. The molecule has 2 rings (SSSR count). The van der Waals surface area contributed by atoms with E-state index in [2.05, 4.69) is 19.2 Å². The molecule has 2 heterocycles. The highest BCUT2D eigenvalue weighted by Crippen LogP contribution is 2.30. The van der Waals surface area contributed by atoms with E-state index in [9.17, 15) is 9.59 Å². The molecule has 1 N–H and O–H groups in total. The molecule has 0 aromatic heterocycles. The van der Waals surface area contributed by atoms with E-state index in [4.69, 9.17) is 4.74 Å². The topological polar surface area (TPSA) is 58.6 Å². The largest absolute Gasteiger partial charge is 0.379 e. The SMILES string of the molecule is CC(C)CC1C(=O)NC(C(C)(C)C)C(=O)N1C1CCOC1. The van der Waals surface area contributed by atoms with Crippen LogP contribution < -0.4 is 5.32 Å². The molecule has 3 atom stereocenters. The summed E-state index contributed by atoms with van der Waals surface area (Å²) >= 11 is 0. The van der Waals surface area contributed by atoms with Gasteiger partial charge in [0.25, 0.3) is 0 Å². The fraction of sp³-hybridized carbons (Fsp3) is 0.875. The van der Waals surface area contributed by atoms with Crippen molar-refractivity contribution >= 4 is 11.8 Å². The summed E-state index contributed by atoms with van der Waals surface area (Å²) in [7, 11) is 0. The lowest BCUT2D eigenvalue weighted by Crippen LogP contribution is -2.68. The van der Waals surface area contributed by atoms with Crippen LogP contribution in [0.1, 0.15) is 47.5 Å². The van der Waals surface area contributed by atoms with Gasteiger partial charge < -0.3 is 15.0 Å². The van der Waals surface area contributed by atoms with Gasteiger partial charge in [-0.25, -0.2) is 0 Å². The number of ether oxygens (including phenoxy) is 1. The van der Waals surface area contributed by atoms with E-state index in [-0.39, 0.29) is 29.3 Å². The standard InChI is InChI=1S/C16H28N2O3/c1-10(2)8-12-14(19)17-13(16(3,4)5)15(20)18(12)11-6-7-21-9-11/h10-13H,6-9H2,1-5H3,(H,17,19). The second kappa shape index (κ2) is 5.95. The van der Waals surface area contributed by atoms with Gasteiger partial charge >= 0.3 is 0 Å². The van der Waals surface area contributed by atoms with Crippen LogP contribution in [0.5, 0.6) is 0 Å². The summed E-state index contributed by atoms with van der Waals surface area (Å²) in [6.07, 6.45) is 1.52. The maximum atomic E-state index is 13.0. The molecular weight excluding hydrogens is 268 g/mol. The van der Waals surface area contributed by atoms with Crippen LogP contribution in [0.15, 0.2) is 0 Å². The second-order valence-corrected chi connectivity index (χ2v) is 7.72. The van der Waals surface area contributed by atoms with Crippen molar-refractivity contribution in [2.45, 2.75) is 65.6 Å². The van der Waals surface area contributed by atoms with E-state index >= 15 is 0 Å². The molecule has 5 nitrogen and oxygen atoms in total. The lowest BCUT2D eigenvalue weighted by Gasteiger charge is -2.46. The molecule has 0 aromatic rings. The van der Waals surface area contributed by atoms with Crippen molar-refractivity contribution in [2.75, 3.05) is 13.2 Å². The third-order valence-corrected chi connectivity index (χ3v) is 4.29. The fourth-order valence-corrected chi connectivity index (χ4v) is 3.16. The summed E-state index contributed by atoms with van der Waals surface area (Å²) in [5.74, 6) is 0.392. The third-order valence-electron chi connectivity index (χ3n) is 4.29. The Morgan fingerprint density at radius 1 is 1.33 bits per heavy atom. The van der Waals surface area contributed by atoms with Gasteiger partial charge in [-0.3, -0.25) is 9.59 Å². The lowest BCUT2D eigenvalue weighted by molar-refractivity contribution is -0.156. The number of piperazine rings is 1. The molecule has 120 valence electrons. The number of hydrogen-bond donors (Lipinski definition) is 1. The molecule has 21 heavy (non-hydrogen) atoms. The van der Waals surface area contributed by atoms with Crippen LogP contribution in [-0.4, -0.2) is 48.1 Å². The summed E-state index contributed by atoms with van der Waals surface area (Å²) in [5.41, 5.74) is -0.284. The summed E-state index contributed by atoms with van der Waals surface area (Å²) in [5, 5.41) is 2.94. The molecule has 0 spiro atoms. The predicted octanol–water partition coefficient (Wildman–Crippen LogP) is 1.56. The molecule has 2 aliphatic heterocycles. The Hall–Kier alpha value is -1.10. The quantitative estimate of drug-likeness (QED) is 0.860. The third kappa shape index (κ3) is 3.39. The summed E-state index contributed by atoms with van der Waals surface area (Å²) < 4.78 is 5.44. The first kappa shape index (κ1) is 16.3. The van der Waals surface area contributed by atoms with Gasteiger partial charge in [0.05, 0.1) is 12.6 Å². The van der Waals surface area contributed by atoms with Crippen LogP contribution in [0.25, 0.3) is 0 Å². The molecule has 2 aliphatic rings. The summed E-state index contributed by atoms with van der Waals surface area (Å²) in [4.78, 5) is 27.3. The van der Waals surface area contributed by atoms with Crippen LogP contribution in [0.3, 0.4) is 0 Å². The minimum absolute atomic E-state index is 0.0184. The van der Waals surface area contributed by atoms with E-state index in [0.717, 1.165) is 6.42 Å². The Balaban J connectivity index is 2.29. The van der Waals surface area contributed by atoms with Gasteiger partial charge in [-0.1, -0.05) is 34.6 Å². The number of nitrogens with one attached hydrogen (secondary N) is 1. The minimum atomic E-state index is -0.450. The number of amides is 2. The molecule has 2 amide bonds. The minimum Gasteiger partial charge on any atom is -0.379 e. The average molecular weight is 296 g/mol. The van der Waals surface area contributed by atoms with Crippen LogP contribution in [0, 0.1) is 11.3 Å². The monoisotopic (exact) mass is 296 g/mol.